The Bertz CT molecular complexity index is 514. The van der Waals surface area contributed by atoms with Crippen molar-refractivity contribution in [3.05, 3.63) is 22.6 Å². The van der Waals surface area contributed by atoms with Crippen LogP contribution in [0.5, 0.6) is 0 Å². The number of imidazole rings is 1. The molecule has 0 spiro atoms. The normalized spacial score (nSPS) is 13.2. The maximum Gasteiger partial charge on any atom is 0.179 e. The molecule has 0 aliphatic carbocycles. The van der Waals surface area contributed by atoms with Gasteiger partial charge in [-0.1, -0.05) is 0 Å². The van der Waals surface area contributed by atoms with Gasteiger partial charge in [-0.15, -0.1) is 11.6 Å². The summed E-state index contributed by atoms with van der Waals surface area (Å²) >= 11 is 9.14. The number of halogens is 2. The Morgan fingerprint density at radius 3 is 2.88 bits per heavy atom. The molecule has 0 saturated heterocycles. The van der Waals surface area contributed by atoms with Gasteiger partial charge in [0.1, 0.15) is 10.4 Å². The third kappa shape index (κ3) is 1.95. The summed E-state index contributed by atoms with van der Waals surface area (Å²) in [5.74, 6) is 1.03. The third-order valence-electron chi connectivity index (χ3n) is 2.42. The highest BCUT2D eigenvalue weighted by atomic mass is 79.9. The van der Waals surface area contributed by atoms with Crippen LogP contribution in [0.25, 0.3) is 11.2 Å². The molecule has 0 radical (unpaired) electrons. The number of hydrogen-bond acceptors (Lipinski definition) is 3. The average molecular weight is 305 g/mol. The van der Waals surface area contributed by atoms with Gasteiger partial charge in [-0.2, -0.15) is 0 Å². The highest BCUT2D eigenvalue weighted by Gasteiger charge is 2.15. The number of rotatable bonds is 3. The Hall–Kier alpha value is -0.650. The molecule has 1 unspecified atom stereocenters. The van der Waals surface area contributed by atoms with Gasteiger partial charge >= 0.3 is 0 Å². The fourth-order valence-corrected chi connectivity index (χ4v) is 2.16. The van der Waals surface area contributed by atoms with Crippen LogP contribution in [0.1, 0.15) is 18.8 Å². The molecule has 0 aliphatic heterocycles. The Labute approximate surface area is 106 Å². The van der Waals surface area contributed by atoms with Gasteiger partial charge < -0.3 is 9.67 Å². The molecule has 4 nitrogen and oxygen atoms in total. The smallest absolute Gasteiger partial charge is 0.179 e. The second-order valence-electron chi connectivity index (χ2n) is 3.54. The zero-order chi connectivity index (χ0) is 11.7. The van der Waals surface area contributed by atoms with E-state index in [1.807, 2.05) is 23.6 Å². The number of nitrogens with zero attached hydrogens (tertiary/aromatic N) is 3. The summed E-state index contributed by atoms with van der Waals surface area (Å²) in [4.78, 5) is 8.61. The van der Waals surface area contributed by atoms with E-state index in [1.165, 1.54) is 0 Å². The van der Waals surface area contributed by atoms with Gasteiger partial charge in [0.05, 0.1) is 24.0 Å². The fraction of sp³-hybridized carbons (Fsp3) is 0.400. The molecule has 1 atom stereocenters. The zero-order valence-electron chi connectivity index (χ0n) is 8.69. The van der Waals surface area contributed by atoms with Crippen molar-refractivity contribution in [2.45, 2.75) is 18.8 Å². The van der Waals surface area contributed by atoms with E-state index in [-0.39, 0.29) is 12.6 Å². The van der Waals surface area contributed by atoms with E-state index >= 15 is 0 Å². The number of aliphatic hydroxyl groups is 1. The molecule has 2 aromatic heterocycles. The van der Waals surface area contributed by atoms with Crippen molar-refractivity contribution in [2.75, 3.05) is 6.61 Å². The fourth-order valence-electron chi connectivity index (χ4n) is 1.67. The van der Waals surface area contributed by atoms with Crippen LogP contribution in [-0.2, 0) is 5.88 Å². The second-order valence-corrected chi connectivity index (χ2v) is 4.62. The first kappa shape index (κ1) is 11.8. The molecule has 1 N–H and O–H groups in total. The van der Waals surface area contributed by atoms with E-state index in [0.29, 0.717) is 11.5 Å². The highest BCUT2D eigenvalue weighted by Crippen LogP contribution is 2.22. The number of pyridine rings is 1. The number of fused-ring (bicyclic) bond motifs is 1. The lowest BCUT2D eigenvalue weighted by Crippen LogP contribution is -2.11. The summed E-state index contributed by atoms with van der Waals surface area (Å²) in [6.07, 6.45) is 0. The van der Waals surface area contributed by atoms with Crippen LogP contribution in [0.15, 0.2) is 16.7 Å². The minimum atomic E-state index is -0.0540. The summed E-state index contributed by atoms with van der Waals surface area (Å²) in [7, 11) is 0. The number of aromatic nitrogens is 3. The van der Waals surface area contributed by atoms with Gasteiger partial charge in [-0.3, -0.25) is 0 Å². The molecule has 6 heteroatoms. The highest BCUT2D eigenvalue weighted by molar-refractivity contribution is 9.10. The van der Waals surface area contributed by atoms with Crippen molar-refractivity contribution >= 4 is 38.7 Å². The molecule has 0 fully saturated rings. The summed E-state index contributed by atoms with van der Waals surface area (Å²) in [6.45, 7) is 1.96. The molecule has 0 saturated carbocycles. The van der Waals surface area contributed by atoms with Crippen LogP contribution in [0.2, 0.25) is 0 Å². The number of aliphatic hydroxyl groups excluding tert-OH is 1. The predicted octanol–water partition coefficient (Wildman–Crippen LogP) is 2.49. The minimum Gasteiger partial charge on any atom is -0.394 e. The molecule has 16 heavy (non-hydrogen) atoms. The van der Waals surface area contributed by atoms with Crippen LogP contribution >= 0.6 is 27.5 Å². The number of alkyl halides is 1. The van der Waals surface area contributed by atoms with E-state index in [4.69, 9.17) is 11.6 Å². The summed E-state index contributed by atoms with van der Waals surface area (Å²) in [6, 6.07) is 3.71. The van der Waals surface area contributed by atoms with Crippen molar-refractivity contribution in [3.8, 4) is 0 Å². The maximum absolute atomic E-state index is 9.22. The molecule has 0 aromatic carbocycles. The first-order valence-corrected chi connectivity index (χ1v) is 6.20. The lowest BCUT2D eigenvalue weighted by molar-refractivity contribution is 0.239. The van der Waals surface area contributed by atoms with Crippen molar-refractivity contribution in [2.24, 2.45) is 0 Å². The molecule has 2 rings (SSSR count). The Kier molecular flexibility index (Phi) is 3.47. The largest absolute Gasteiger partial charge is 0.394 e. The minimum absolute atomic E-state index is 0.0470. The van der Waals surface area contributed by atoms with Gasteiger partial charge in [-0.25, -0.2) is 9.97 Å². The quantitative estimate of drug-likeness (QED) is 0.700. The summed E-state index contributed by atoms with van der Waals surface area (Å²) in [5, 5.41) is 9.22. The van der Waals surface area contributed by atoms with Crippen LogP contribution in [0, 0.1) is 0 Å². The molecule has 0 aliphatic rings. The molecule has 2 aromatic rings. The molecule has 0 amide bonds. The Morgan fingerprint density at radius 2 is 2.25 bits per heavy atom. The molecule has 86 valence electrons. The standard InChI is InChI=1S/C10H11BrClN3O/c1-6(5-16)15-7-2-3-8(11)13-10(7)14-9(15)4-12/h2-3,6,16H,4-5H2,1H3. The van der Waals surface area contributed by atoms with E-state index in [1.54, 1.807) is 0 Å². The Morgan fingerprint density at radius 1 is 1.50 bits per heavy atom. The van der Waals surface area contributed by atoms with Gasteiger partial charge in [0.15, 0.2) is 5.65 Å². The first-order chi connectivity index (χ1) is 7.67. The van der Waals surface area contributed by atoms with Crippen molar-refractivity contribution in [1.29, 1.82) is 0 Å². The predicted molar refractivity (Wildman–Crippen MR) is 66.6 cm³/mol. The summed E-state index contributed by atoms with van der Waals surface area (Å²) in [5.41, 5.74) is 1.53. The van der Waals surface area contributed by atoms with Crippen LogP contribution in [0.4, 0.5) is 0 Å². The third-order valence-corrected chi connectivity index (χ3v) is 3.10. The van der Waals surface area contributed by atoms with E-state index in [0.717, 1.165) is 15.9 Å². The summed E-state index contributed by atoms with van der Waals surface area (Å²) < 4.78 is 2.66. The van der Waals surface area contributed by atoms with Gasteiger partial charge in [0, 0.05) is 0 Å². The van der Waals surface area contributed by atoms with Crippen molar-refractivity contribution in [3.63, 3.8) is 0 Å². The lowest BCUT2D eigenvalue weighted by Gasteiger charge is -2.13. The zero-order valence-corrected chi connectivity index (χ0v) is 11.0. The topological polar surface area (TPSA) is 50.9 Å². The van der Waals surface area contributed by atoms with Crippen LogP contribution in [0.3, 0.4) is 0 Å². The van der Waals surface area contributed by atoms with Gasteiger partial charge in [0.2, 0.25) is 0 Å². The number of hydrogen-bond donors (Lipinski definition) is 1. The molecular formula is C10H11BrClN3O. The van der Waals surface area contributed by atoms with Crippen LogP contribution < -0.4 is 0 Å². The van der Waals surface area contributed by atoms with Gasteiger partial charge in [0.25, 0.3) is 0 Å². The Balaban J connectivity index is 2.68. The van der Waals surface area contributed by atoms with Gasteiger partial charge in [-0.05, 0) is 35.0 Å². The van der Waals surface area contributed by atoms with E-state index < -0.39 is 0 Å². The monoisotopic (exact) mass is 303 g/mol. The second kappa shape index (κ2) is 4.69. The average Bonchev–Trinajstić information content (AvgIpc) is 2.65. The van der Waals surface area contributed by atoms with Crippen molar-refractivity contribution in [1.82, 2.24) is 14.5 Å². The lowest BCUT2D eigenvalue weighted by atomic mass is 10.3. The first-order valence-electron chi connectivity index (χ1n) is 4.87. The van der Waals surface area contributed by atoms with Crippen LogP contribution in [-0.4, -0.2) is 26.2 Å². The molecule has 0 bridgehead atoms. The maximum atomic E-state index is 9.22. The van der Waals surface area contributed by atoms with E-state index in [9.17, 15) is 5.11 Å². The molecule has 2 heterocycles. The van der Waals surface area contributed by atoms with E-state index in [2.05, 4.69) is 25.9 Å². The SMILES string of the molecule is CC(CO)n1c(CCl)nc2nc(Br)ccc21. The molecular weight excluding hydrogens is 293 g/mol. The van der Waals surface area contributed by atoms with Crippen molar-refractivity contribution < 1.29 is 5.11 Å².